The average molecular weight is 323 g/mol. The Morgan fingerprint density at radius 1 is 0.700 bits per heavy atom. The molecule has 1 unspecified atom stereocenters. The first-order valence-corrected chi connectivity index (χ1v) is 9.21. The van der Waals surface area contributed by atoms with Gasteiger partial charge < -0.3 is 0 Å². The molecule has 0 radical (unpaired) electrons. The first-order chi connectivity index (χ1) is 9.14. The molecule has 2 heteroatoms. The molecule has 0 amide bonds. The van der Waals surface area contributed by atoms with Crippen molar-refractivity contribution in [3.05, 3.63) is 0 Å². The van der Waals surface area contributed by atoms with Crippen molar-refractivity contribution in [3.8, 4) is 0 Å². The van der Waals surface area contributed by atoms with Crippen molar-refractivity contribution in [2.45, 2.75) is 110 Å². The number of halogens is 1. The van der Waals surface area contributed by atoms with Gasteiger partial charge in [0, 0.05) is 4.87 Å². The molecule has 0 fully saturated rings. The standard InChI is InChI=1S/C18H37Cl.H3P/c1-5-9-13-17(14-10-6-2)18(19,15-11-7-3)16-12-8-4;/h17H,5-16H2,1-4H3;1H3. The van der Waals surface area contributed by atoms with Crippen molar-refractivity contribution in [1.29, 1.82) is 0 Å². The first-order valence-electron chi connectivity index (χ1n) is 8.83. The predicted octanol–water partition coefficient (Wildman–Crippen LogP) is 7.40. The van der Waals surface area contributed by atoms with Crippen LogP contribution in [0.4, 0.5) is 0 Å². The van der Waals surface area contributed by atoms with Crippen LogP contribution in [0.5, 0.6) is 0 Å². The predicted molar refractivity (Wildman–Crippen MR) is 101 cm³/mol. The average Bonchev–Trinajstić information content (AvgIpc) is 2.43. The number of hydrogen-bond donors (Lipinski definition) is 0. The summed E-state index contributed by atoms with van der Waals surface area (Å²) in [6, 6.07) is 0. The molecule has 0 saturated heterocycles. The topological polar surface area (TPSA) is 0 Å². The van der Waals surface area contributed by atoms with Gasteiger partial charge in [0.25, 0.3) is 0 Å². The van der Waals surface area contributed by atoms with Crippen LogP contribution in [0.25, 0.3) is 0 Å². The van der Waals surface area contributed by atoms with E-state index < -0.39 is 0 Å². The van der Waals surface area contributed by atoms with Gasteiger partial charge in [0.15, 0.2) is 0 Å². The van der Waals surface area contributed by atoms with Gasteiger partial charge >= 0.3 is 0 Å². The molecular formula is C18H40ClP. The largest absolute Gasteiger partial charge is 0.153 e. The molecule has 0 aliphatic carbocycles. The molecule has 0 rings (SSSR count). The fraction of sp³-hybridized carbons (Fsp3) is 1.00. The molecule has 0 aromatic rings. The van der Waals surface area contributed by atoms with Crippen LogP contribution in [-0.4, -0.2) is 4.87 Å². The van der Waals surface area contributed by atoms with Gasteiger partial charge in [-0.25, -0.2) is 0 Å². The molecule has 0 N–H and O–H groups in total. The maximum Gasteiger partial charge on any atom is 0.0475 e. The third-order valence-electron chi connectivity index (χ3n) is 4.44. The van der Waals surface area contributed by atoms with E-state index in [1.807, 2.05) is 0 Å². The van der Waals surface area contributed by atoms with Crippen LogP contribution in [0, 0.1) is 5.92 Å². The maximum atomic E-state index is 7.13. The summed E-state index contributed by atoms with van der Waals surface area (Å²) in [4.78, 5) is 0.0936. The zero-order valence-electron chi connectivity index (χ0n) is 14.6. The first kappa shape index (κ1) is 23.0. The second-order valence-corrected chi connectivity index (χ2v) is 6.98. The third-order valence-corrected chi connectivity index (χ3v) is 5.12. The molecule has 0 aromatic carbocycles. The molecule has 0 heterocycles. The highest BCUT2D eigenvalue weighted by Crippen LogP contribution is 2.41. The van der Waals surface area contributed by atoms with Crippen LogP contribution in [0.3, 0.4) is 0 Å². The highest BCUT2D eigenvalue weighted by atomic mass is 35.5. The van der Waals surface area contributed by atoms with Gasteiger partial charge in [-0.3, -0.25) is 0 Å². The fourth-order valence-electron chi connectivity index (χ4n) is 3.04. The molecular weight excluding hydrogens is 283 g/mol. The van der Waals surface area contributed by atoms with Crippen LogP contribution in [0.1, 0.15) is 105 Å². The Morgan fingerprint density at radius 3 is 1.35 bits per heavy atom. The highest BCUT2D eigenvalue weighted by Gasteiger charge is 2.34. The summed E-state index contributed by atoms with van der Waals surface area (Å²) in [6.45, 7) is 9.16. The van der Waals surface area contributed by atoms with Crippen LogP contribution < -0.4 is 0 Å². The second-order valence-electron chi connectivity index (χ2n) is 6.22. The smallest absolute Gasteiger partial charge is 0.0475 e. The number of unbranched alkanes of at least 4 members (excludes halogenated alkanes) is 4. The Bertz CT molecular complexity index is 178. The van der Waals surface area contributed by atoms with E-state index in [0.717, 1.165) is 5.92 Å². The Balaban J connectivity index is 0. The van der Waals surface area contributed by atoms with Crippen LogP contribution in [0.2, 0.25) is 0 Å². The minimum absolute atomic E-state index is 0. The lowest BCUT2D eigenvalue weighted by Gasteiger charge is -2.36. The Kier molecular flexibility index (Phi) is 16.8. The molecule has 0 aliphatic heterocycles. The van der Waals surface area contributed by atoms with Crippen LogP contribution in [-0.2, 0) is 0 Å². The zero-order valence-corrected chi connectivity index (χ0v) is 16.8. The van der Waals surface area contributed by atoms with Gasteiger partial charge in [-0.05, 0) is 31.6 Å². The van der Waals surface area contributed by atoms with Crippen LogP contribution in [0.15, 0.2) is 0 Å². The molecule has 124 valence electrons. The molecule has 1 atom stereocenters. The van der Waals surface area contributed by atoms with Gasteiger partial charge in [-0.2, -0.15) is 9.90 Å². The summed E-state index contributed by atoms with van der Waals surface area (Å²) in [5.74, 6) is 0.743. The van der Waals surface area contributed by atoms with Gasteiger partial charge in [0.05, 0.1) is 0 Å². The van der Waals surface area contributed by atoms with Gasteiger partial charge in [-0.15, -0.1) is 11.6 Å². The lowest BCUT2D eigenvalue weighted by atomic mass is 9.77. The van der Waals surface area contributed by atoms with E-state index in [4.69, 9.17) is 11.6 Å². The van der Waals surface area contributed by atoms with Crippen molar-refractivity contribution >= 4 is 21.5 Å². The normalized spacial score (nSPS) is 11.7. The molecule has 0 spiro atoms. The second kappa shape index (κ2) is 14.6. The van der Waals surface area contributed by atoms with Crippen molar-refractivity contribution < 1.29 is 0 Å². The van der Waals surface area contributed by atoms with Crippen molar-refractivity contribution in [2.75, 3.05) is 0 Å². The highest BCUT2D eigenvalue weighted by molar-refractivity contribution is 6.92. The molecule has 20 heavy (non-hydrogen) atoms. The van der Waals surface area contributed by atoms with E-state index >= 15 is 0 Å². The lowest BCUT2D eigenvalue weighted by molar-refractivity contribution is 0.270. The maximum absolute atomic E-state index is 7.13. The molecule has 0 nitrogen and oxygen atoms in total. The van der Waals surface area contributed by atoms with Crippen molar-refractivity contribution in [2.24, 2.45) is 5.92 Å². The summed E-state index contributed by atoms with van der Waals surface area (Å²) < 4.78 is 0. The number of hydrogen-bond acceptors (Lipinski definition) is 0. The Labute approximate surface area is 137 Å². The quantitative estimate of drug-likeness (QED) is 0.245. The minimum Gasteiger partial charge on any atom is -0.153 e. The SMILES string of the molecule is CCCCC(CCCC)C(Cl)(CCCC)CCCC.P. The third kappa shape index (κ3) is 9.62. The number of alkyl halides is 1. The van der Waals surface area contributed by atoms with Crippen molar-refractivity contribution in [1.82, 2.24) is 0 Å². The summed E-state index contributed by atoms with van der Waals surface area (Å²) >= 11 is 7.13. The Hall–Kier alpha value is 0.720. The summed E-state index contributed by atoms with van der Waals surface area (Å²) in [7, 11) is 0. The van der Waals surface area contributed by atoms with E-state index in [0.29, 0.717) is 0 Å². The van der Waals surface area contributed by atoms with Gasteiger partial charge in [0.1, 0.15) is 0 Å². The monoisotopic (exact) mass is 322 g/mol. The van der Waals surface area contributed by atoms with E-state index in [-0.39, 0.29) is 14.8 Å². The molecule has 0 saturated carbocycles. The van der Waals surface area contributed by atoms with Crippen molar-refractivity contribution in [3.63, 3.8) is 0 Å². The Morgan fingerprint density at radius 2 is 1.05 bits per heavy atom. The van der Waals surface area contributed by atoms with Gasteiger partial charge in [-0.1, -0.05) is 79.1 Å². The van der Waals surface area contributed by atoms with E-state index in [1.54, 1.807) is 0 Å². The molecule has 0 bridgehead atoms. The lowest BCUT2D eigenvalue weighted by Crippen LogP contribution is -2.32. The minimum atomic E-state index is 0. The zero-order chi connectivity index (χ0) is 14.6. The van der Waals surface area contributed by atoms with E-state index in [1.165, 1.54) is 77.0 Å². The molecule has 0 aromatic heterocycles. The van der Waals surface area contributed by atoms with E-state index in [2.05, 4.69) is 27.7 Å². The molecule has 0 aliphatic rings. The summed E-state index contributed by atoms with van der Waals surface area (Å²) in [5.41, 5.74) is 0. The number of rotatable bonds is 13. The summed E-state index contributed by atoms with van der Waals surface area (Å²) in [6.07, 6.45) is 15.6. The van der Waals surface area contributed by atoms with E-state index in [9.17, 15) is 0 Å². The van der Waals surface area contributed by atoms with Crippen LogP contribution >= 0.6 is 21.5 Å². The summed E-state index contributed by atoms with van der Waals surface area (Å²) in [5, 5.41) is 0. The van der Waals surface area contributed by atoms with Gasteiger partial charge in [0.2, 0.25) is 0 Å². The fourth-order valence-corrected chi connectivity index (χ4v) is 3.52.